The van der Waals surface area contributed by atoms with Gasteiger partial charge >= 0.3 is 0 Å². The van der Waals surface area contributed by atoms with Crippen molar-refractivity contribution in [3.63, 3.8) is 0 Å². The molecule has 2 rings (SSSR count). The van der Waals surface area contributed by atoms with Crippen LogP contribution in [0.4, 0.5) is 5.69 Å². The first kappa shape index (κ1) is 21.3. The highest BCUT2D eigenvalue weighted by atomic mass is 35.5. The molecule has 2 aromatic carbocycles. The lowest BCUT2D eigenvalue weighted by atomic mass is 10.00. The van der Waals surface area contributed by atoms with Crippen LogP contribution in [0.3, 0.4) is 0 Å². The molecule has 0 heterocycles. The molecule has 0 aliphatic carbocycles. The molecule has 0 saturated heterocycles. The summed E-state index contributed by atoms with van der Waals surface area (Å²) in [5, 5.41) is 3.32. The molecule has 2 atom stereocenters. The smallest absolute Gasteiger partial charge is 0.244 e. The number of amides is 1. The Morgan fingerprint density at radius 2 is 1.78 bits per heavy atom. The van der Waals surface area contributed by atoms with Crippen molar-refractivity contribution in [2.75, 3.05) is 10.6 Å². The molecule has 0 aliphatic heterocycles. The van der Waals surface area contributed by atoms with Gasteiger partial charge in [-0.2, -0.15) is 0 Å². The minimum atomic E-state index is -3.68. The van der Waals surface area contributed by atoms with E-state index in [0.717, 1.165) is 27.3 Å². The van der Waals surface area contributed by atoms with Gasteiger partial charge in [0.15, 0.2) is 0 Å². The highest BCUT2D eigenvalue weighted by Crippen LogP contribution is 2.25. The van der Waals surface area contributed by atoms with Gasteiger partial charge < -0.3 is 5.32 Å². The average molecular weight is 409 g/mol. The van der Waals surface area contributed by atoms with Crippen LogP contribution in [0, 0.1) is 13.8 Å². The summed E-state index contributed by atoms with van der Waals surface area (Å²) in [5.74, 6) is -0.382. The Kier molecular flexibility index (Phi) is 6.54. The highest BCUT2D eigenvalue weighted by Gasteiger charge is 2.30. The fourth-order valence-electron chi connectivity index (χ4n) is 3.15. The summed E-state index contributed by atoms with van der Waals surface area (Å²) < 4.78 is 25.8. The van der Waals surface area contributed by atoms with E-state index in [1.54, 1.807) is 25.1 Å². The molecule has 1 amide bonds. The molecule has 0 fully saturated rings. The van der Waals surface area contributed by atoms with Crippen LogP contribution in [0.2, 0.25) is 5.02 Å². The Morgan fingerprint density at radius 1 is 1.11 bits per heavy atom. The van der Waals surface area contributed by atoms with Crippen molar-refractivity contribution in [1.82, 2.24) is 5.32 Å². The van der Waals surface area contributed by atoms with Crippen molar-refractivity contribution in [2.45, 2.75) is 39.8 Å². The first-order chi connectivity index (χ1) is 12.5. The molecule has 0 radical (unpaired) electrons. The summed E-state index contributed by atoms with van der Waals surface area (Å²) >= 11 is 6.00. The molecule has 1 N–H and O–H groups in total. The number of benzene rings is 2. The fourth-order valence-corrected chi connectivity index (χ4v) is 4.50. The lowest BCUT2D eigenvalue weighted by molar-refractivity contribution is -0.122. The molecule has 5 nitrogen and oxygen atoms in total. The molecular formula is C20H25ClN2O3S. The molecule has 146 valence electrons. The first-order valence-electron chi connectivity index (χ1n) is 8.63. The minimum Gasteiger partial charge on any atom is -0.348 e. The third-order valence-electron chi connectivity index (χ3n) is 4.40. The number of anilines is 1. The summed E-state index contributed by atoms with van der Waals surface area (Å²) in [6, 6.07) is 11.3. The zero-order valence-corrected chi connectivity index (χ0v) is 17.7. The SMILES string of the molecule is Cc1ccc([C@@H](C)NC(=O)[C@@H](C)N(c2cccc(Cl)c2)S(C)(=O)=O)c(C)c1. The maximum atomic E-state index is 12.8. The predicted octanol–water partition coefficient (Wildman–Crippen LogP) is 3.99. The number of rotatable bonds is 6. The predicted molar refractivity (Wildman–Crippen MR) is 111 cm³/mol. The molecule has 27 heavy (non-hydrogen) atoms. The van der Waals surface area contributed by atoms with Crippen molar-refractivity contribution < 1.29 is 13.2 Å². The molecule has 2 aromatic rings. The number of halogens is 1. The monoisotopic (exact) mass is 408 g/mol. The minimum absolute atomic E-state index is 0.249. The van der Waals surface area contributed by atoms with Gasteiger partial charge in [-0.3, -0.25) is 9.10 Å². The van der Waals surface area contributed by atoms with Crippen LogP contribution < -0.4 is 9.62 Å². The van der Waals surface area contributed by atoms with E-state index in [4.69, 9.17) is 11.6 Å². The number of nitrogens with zero attached hydrogens (tertiary/aromatic N) is 1. The van der Waals surface area contributed by atoms with Gasteiger partial charge in [-0.1, -0.05) is 41.4 Å². The van der Waals surface area contributed by atoms with Crippen LogP contribution in [0.5, 0.6) is 0 Å². The second kappa shape index (κ2) is 8.31. The van der Waals surface area contributed by atoms with E-state index < -0.39 is 16.1 Å². The van der Waals surface area contributed by atoms with Crippen LogP contribution in [0.25, 0.3) is 0 Å². The molecule has 0 bridgehead atoms. The van der Waals surface area contributed by atoms with Crippen LogP contribution >= 0.6 is 11.6 Å². The van der Waals surface area contributed by atoms with Crippen molar-refractivity contribution in [3.05, 3.63) is 64.2 Å². The maximum absolute atomic E-state index is 12.8. The van der Waals surface area contributed by atoms with Crippen LogP contribution in [0.1, 0.15) is 36.6 Å². The molecular weight excluding hydrogens is 384 g/mol. The summed E-state index contributed by atoms with van der Waals surface area (Å²) in [7, 11) is -3.68. The fraction of sp³-hybridized carbons (Fsp3) is 0.350. The van der Waals surface area contributed by atoms with Gasteiger partial charge in [0.05, 0.1) is 18.0 Å². The standard InChI is InChI=1S/C20H25ClN2O3S/c1-13-9-10-19(14(2)11-13)15(3)22-20(24)16(4)23(27(5,25)26)18-8-6-7-17(21)12-18/h6-12,15-16H,1-5H3,(H,22,24)/t15-,16-/m1/s1. The third kappa shape index (κ3) is 5.23. The van der Waals surface area contributed by atoms with Crippen LogP contribution in [0.15, 0.2) is 42.5 Å². The number of aryl methyl sites for hydroxylation is 2. The number of carbonyl (C=O) groups is 1. The Morgan fingerprint density at radius 3 is 2.33 bits per heavy atom. The van der Waals surface area contributed by atoms with Crippen molar-refractivity contribution in [1.29, 1.82) is 0 Å². The van der Waals surface area contributed by atoms with E-state index in [9.17, 15) is 13.2 Å². The number of hydrogen-bond donors (Lipinski definition) is 1. The average Bonchev–Trinajstić information content (AvgIpc) is 2.53. The second-order valence-electron chi connectivity index (χ2n) is 6.80. The summed E-state index contributed by atoms with van der Waals surface area (Å²) in [5.41, 5.74) is 3.57. The largest absolute Gasteiger partial charge is 0.348 e. The van der Waals surface area contributed by atoms with Crippen molar-refractivity contribution in [3.8, 4) is 0 Å². The zero-order valence-electron chi connectivity index (χ0n) is 16.2. The lowest BCUT2D eigenvalue weighted by Gasteiger charge is -2.29. The first-order valence-corrected chi connectivity index (χ1v) is 10.9. The van der Waals surface area contributed by atoms with Gasteiger partial charge in [-0.25, -0.2) is 8.42 Å². The quantitative estimate of drug-likeness (QED) is 0.785. The van der Waals surface area contributed by atoms with Crippen molar-refractivity contribution >= 4 is 33.2 Å². The van der Waals surface area contributed by atoms with E-state index in [1.807, 2.05) is 32.9 Å². The van der Waals surface area contributed by atoms with Gasteiger partial charge in [0, 0.05) is 5.02 Å². The van der Waals surface area contributed by atoms with E-state index in [2.05, 4.69) is 11.4 Å². The molecule has 0 aliphatic rings. The zero-order chi connectivity index (χ0) is 20.4. The topological polar surface area (TPSA) is 66.5 Å². The molecule has 0 aromatic heterocycles. The number of nitrogens with one attached hydrogen (secondary N) is 1. The second-order valence-corrected chi connectivity index (χ2v) is 9.10. The van der Waals surface area contributed by atoms with Gasteiger partial charge in [0.1, 0.15) is 6.04 Å². The molecule has 0 spiro atoms. The Bertz CT molecular complexity index is 944. The number of sulfonamides is 1. The third-order valence-corrected chi connectivity index (χ3v) is 5.88. The van der Waals surface area contributed by atoms with Gasteiger partial charge in [-0.05, 0) is 57.0 Å². The van der Waals surface area contributed by atoms with E-state index in [1.165, 1.54) is 6.07 Å². The molecule has 0 saturated carbocycles. The van der Waals surface area contributed by atoms with Crippen molar-refractivity contribution in [2.24, 2.45) is 0 Å². The summed E-state index contributed by atoms with van der Waals surface area (Å²) in [6.45, 7) is 7.44. The van der Waals surface area contributed by atoms with Gasteiger partial charge in [0.2, 0.25) is 15.9 Å². The number of carbonyl (C=O) groups excluding carboxylic acids is 1. The lowest BCUT2D eigenvalue weighted by Crippen LogP contribution is -2.48. The summed E-state index contributed by atoms with van der Waals surface area (Å²) in [6.07, 6.45) is 1.07. The Labute approximate surface area is 166 Å². The Balaban J connectivity index is 2.27. The van der Waals surface area contributed by atoms with Gasteiger partial charge in [0.25, 0.3) is 0 Å². The van der Waals surface area contributed by atoms with Gasteiger partial charge in [-0.15, -0.1) is 0 Å². The summed E-state index contributed by atoms with van der Waals surface area (Å²) in [4.78, 5) is 12.8. The van der Waals surface area contributed by atoms with E-state index >= 15 is 0 Å². The number of hydrogen-bond acceptors (Lipinski definition) is 3. The maximum Gasteiger partial charge on any atom is 0.244 e. The Hall–Kier alpha value is -2.05. The highest BCUT2D eigenvalue weighted by molar-refractivity contribution is 7.92. The molecule has 0 unspecified atom stereocenters. The van der Waals surface area contributed by atoms with Crippen LogP contribution in [-0.2, 0) is 14.8 Å². The normalized spacial score (nSPS) is 13.7. The van der Waals surface area contributed by atoms with Crippen LogP contribution in [-0.4, -0.2) is 26.6 Å². The molecule has 7 heteroatoms. The van der Waals surface area contributed by atoms with E-state index in [-0.39, 0.29) is 11.9 Å². The van der Waals surface area contributed by atoms with E-state index in [0.29, 0.717) is 10.7 Å².